The Balaban J connectivity index is 1.41. The number of imide groups is 2. The van der Waals surface area contributed by atoms with Crippen LogP contribution < -0.4 is 14.5 Å². The van der Waals surface area contributed by atoms with Gasteiger partial charge in [-0.1, -0.05) is 17.7 Å². The number of anilines is 2. The standard InChI is InChI=1S/C35H23Cl2F5N2O7/c1-13(45)14-3-6-16(7-4-14)43-30(47)18-9-8-17-19(22(18)31(43)48)12-34(36)32(49)44(29-27(41)25(39)24(38)26(40)28(29)42)33(50)35(34,37)23(17)15-5-10-21(51-2)20(46)11-15/h3-8,10-11,18-19,22-23,46H,9,12H2,1-2H3/t18-,19+,22-,23-,34+,35-/m0/s1. The third-order valence-electron chi connectivity index (χ3n) is 10.3. The van der Waals surface area contributed by atoms with Crippen molar-refractivity contribution < 1.29 is 55.8 Å². The van der Waals surface area contributed by atoms with Crippen molar-refractivity contribution in [3.8, 4) is 11.5 Å². The Bertz CT molecular complexity index is 2140. The summed E-state index contributed by atoms with van der Waals surface area (Å²) in [6.45, 7) is 1.34. The van der Waals surface area contributed by atoms with E-state index >= 15 is 8.78 Å². The summed E-state index contributed by atoms with van der Waals surface area (Å²) in [5.74, 6) is -22.7. The lowest BCUT2D eigenvalue weighted by molar-refractivity contribution is -0.125. The van der Waals surface area contributed by atoms with Gasteiger partial charge in [-0.15, -0.1) is 23.2 Å². The van der Waals surface area contributed by atoms with Gasteiger partial charge in [0.1, 0.15) is 5.69 Å². The molecule has 0 spiro atoms. The molecule has 1 saturated carbocycles. The van der Waals surface area contributed by atoms with Crippen LogP contribution in [0.5, 0.6) is 11.5 Å². The molecule has 0 unspecified atom stereocenters. The summed E-state index contributed by atoms with van der Waals surface area (Å²) in [5, 5.41) is 10.7. The van der Waals surface area contributed by atoms with Crippen LogP contribution in [0.2, 0.25) is 0 Å². The zero-order valence-corrected chi connectivity index (χ0v) is 27.8. The number of carbonyl (C=O) groups excluding carboxylic acids is 5. The van der Waals surface area contributed by atoms with Crippen molar-refractivity contribution in [2.75, 3.05) is 16.9 Å². The number of phenols is 1. The predicted octanol–water partition coefficient (Wildman–Crippen LogP) is 6.07. The second-order valence-corrected chi connectivity index (χ2v) is 14.0. The monoisotopic (exact) mass is 748 g/mol. The number of alkyl halides is 2. The molecule has 7 rings (SSSR count). The van der Waals surface area contributed by atoms with Gasteiger partial charge in [0.2, 0.25) is 17.6 Å². The first kappa shape index (κ1) is 34.6. The van der Waals surface area contributed by atoms with Crippen molar-refractivity contribution in [1.29, 1.82) is 0 Å². The van der Waals surface area contributed by atoms with Gasteiger partial charge in [-0.2, -0.15) is 0 Å². The number of aromatic hydroxyl groups is 1. The number of ether oxygens (including phenoxy) is 1. The van der Waals surface area contributed by atoms with E-state index in [-0.39, 0.29) is 39.7 Å². The van der Waals surface area contributed by atoms with Gasteiger partial charge in [0, 0.05) is 11.5 Å². The van der Waals surface area contributed by atoms with E-state index in [1.165, 1.54) is 56.5 Å². The molecule has 4 aliphatic rings. The molecule has 2 heterocycles. The van der Waals surface area contributed by atoms with Crippen LogP contribution in [0.3, 0.4) is 0 Å². The molecule has 16 heteroatoms. The molecule has 3 aromatic carbocycles. The molecule has 9 nitrogen and oxygen atoms in total. The molecule has 3 fully saturated rings. The summed E-state index contributed by atoms with van der Waals surface area (Å²) in [5.41, 5.74) is -1.20. The second kappa shape index (κ2) is 11.6. The number of halogens is 7. The number of rotatable bonds is 5. The van der Waals surface area contributed by atoms with Gasteiger partial charge in [-0.05, 0) is 67.6 Å². The molecule has 4 amide bonds. The molecule has 2 aliphatic carbocycles. The fourth-order valence-electron chi connectivity index (χ4n) is 7.93. The summed E-state index contributed by atoms with van der Waals surface area (Å²) in [6, 6.07) is 9.46. The maximum absolute atomic E-state index is 15.2. The predicted molar refractivity (Wildman–Crippen MR) is 170 cm³/mol. The molecule has 0 aromatic heterocycles. The molecule has 51 heavy (non-hydrogen) atoms. The number of nitrogens with zero attached hydrogens (tertiary/aromatic N) is 2. The van der Waals surface area contributed by atoms with Crippen LogP contribution in [0, 0.1) is 46.8 Å². The number of ketones is 1. The fourth-order valence-corrected chi connectivity index (χ4v) is 8.86. The Morgan fingerprint density at radius 1 is 0.843 bits per heavy atom. The number of hydrogen-bond donors (Lipinski definition) is 1. The SMILES string of the molecule is COc1ccc([C@H]2C3=CC[C@@H]4C(=O)N(c5ccc(C(C)=O)cc5)C(=O)[C@@H]4[C@@H]3C[C@@]3(Cl)C(=O)N(c4c(F)c(F)c(F)c(F)c4F)C(=O)[C@@]23Cl)cc1O. The molecule has 2 saturated heterocycles. The van der Waals surface area contributed by atoms with E-state index in [1.54, 1.807) is 0 Å². The Morgan fingerprint density at radius 2 is 1.45 bits per heavy atom. The van der Waals surface area contributed by atoms with Crippen molar-refractivity contribution in [1.82, 2.24) is 0 Å². The lowest BCUT2D eigenvalue weighted by Gasteiger charge is -2.50. The summed E-state index contributed by atoms with van der Waals surface area (Å²) < 4.78 is 78.4. The van der Waals surface area contributed by atoms with Gasteiger partial charge in [0.15, 0.2) is 50.3 Å². The molecule has 264 valence electrons. The zero-order chi connectivity index (χ0) is 37.1. The van der Waals surface area contributed by atoms with Gasteiger partial charge < -0.3 is 9.84 Å². The minimum Gasteiger partial charge on any atom is -0.504 e. The summed E-state index contributed by atoms with van der Waals surface area (Å²) in [4.78, 5) is 63.6. The molecular weight excluding hydrogens is 726 g/mol. The van der Waals surface area contributed by atoms with Crippen molar-refractivity contribution in [3.63, 3.8) is 0 Å². The number of carbonyl (C=O) groups is 5. The molecule has 0 bridgehead atoms. The lowest BCUT2D eigenvalue weighted by Crippen LogP contribution is -2.60. The zero-order valence-electron chi connectivity index (χ0n) is 26.3. The normalized spacial score (nSPS) is 28.5. The molecule has 1 N–H and O–H groups in total. The lowest BCUT2D eigenvalue weighted by atomic mass is 9.56. The minimum absolute atomic E-state index is 0.0107. The highest BCUT2D eigenvalue weighted by molar-refractivity contribution is 6.58. The highest BCUT2D eigenvalue weighted by Crippen LogP contribution is 2.66. The Kier molecular flexibility index (Phi) is 7.88. The van der Waals surface area contributed by atoms with E-state index in [4.69, 9.17) is 27.9 Å². The number of methoxy groups -OCH3 is 1. The first-order chi connectivity index (χ1) is 24.0. The first-order valence-electron chi connectivity index (χ1n) is 15.3. The smallest absolute Gasteiger partial charge is 0.258 e. The largest absolute Gasteiger partial charge is 0.504 e. The van der Waals surface area contributed by atoms with Crippen LogP contribution in [0.25, 0.3) is 0 Å². The molecule has 0 radical (unpaired) electrons. The number of hydrogen-bond acceptors (Lipinski definition) is 7. The van der Waals surface area contributed by atoms with Gasteiger partial charge in [-0.25, -0.2) is 26.9 Å². The number of benzene rings is 3. The van der Waals surface area contributed by atoms with Crippen LogP contribution >= 0.6 is 23.2 Å². The minimum atomic E-state index is -2.74. The highest BCUT2D eigenvalue weighted by Gasteiger charge is 2.77. The van der Waals surface area contributed by atoms with E-state index < -0.39 is 104 Å². The number of fused-ring (bicyclic) bond motifs is 4. The van der Waals surface area contributed by atoms with Crippen LogP contribution in [-0.4, -0.2) is 51.4 Å². The van der Waals surface area contributed by atoms with Crippen molar-refractivity contribution in [3.05, 3.63) is 94.3 Å². The molecule has 2 aliphatic heterocycles. The third-order valence-corrected chi connectivity index (χ3v) is 11.7. The topological polar surface area (TPSA) is 121 Å². The Morgan fingerprint density at radius 3 is 2.02 bits per heavy atom. The van der Waals surface area contributed by atoms with Crippen LogP contribution in [0.1, 0.15) is 41.6 Å². The van der Waals surface area contributed by atoms with Crippen molar-refractivity contribution >= 4 is 64.0 Å². The number of allylic oxidation sites excluding steroid dienone is 2. The Hall–Kier alpha value is -4.82. The van der Waals surface area contributed by atoms with E-state index in [1.807, 2.05) is 0 Å². The third kappa shape index (κ3) is 4.48. The van der Waals surface area contributed by atoms with Crippen molar-refractivity contribution in [2.45, 2.75) is 35.4 Å². The van der Waals surface area contributed by atoms with E-state index in [0.717, 1.165) is 11.0 Å². The van der Waals surface area contributed by atoms with Gasteiger partial charge in [0.25, 0.3) is 11.8 Å². The average Bonchev–Trinajstić information content (AvgIpc) is 3.44. The average molecular weight is 749 g/mol. The first-order valence-corrected chi connectivity index (χ1v) is 16.1. The van der Waals surface area contributed by atoms with E-state index in [9.17, 15) is 42.3 Å². The van der Waals surface area contributed by atoms with Gasteiger partial charge in [-0.3, -0.25) is 28.9 Å². The quantitative estimate of drug-likeness (QED) is 0.0640. The number of amides is 4. The highest BCUT2D eigenvalue weighted by atomic mass is 35.5. The van der Waals surface area contributed by atoms with Crippen LogP contribution in [0.15, 0.2) is 54.1 Å². The van der Waals surface area contributed by atoms with Crippen LogP contribution in [-0.2, 0) is 19.2 Å². The number of Topliss-reactive ketones (excluding diaryl/α,β-unsaturated/α-hetero) is 1. The molecule has 3 aromatic rings. The summed E-state index contributed by atoms with van der Waals surface area (Å²) in [7, 11) is 1.26. The van der Waals surface area contributed by atoms with Gasteiger partial charge >= 0.3 is 0 Å². The molecule has 6 atom stereocenters. The maximum Gasteiger partial charge on any atom is 0.258 e. The summed E-state index contributed by atoms with van der Waals surface area (Å²) in [6.07, 6.45) is 0.772. The fraction of sp³-hybridized carbons (Fsp3) is 0.286. The second-order valence-electron chi connectivity index (χ2n) is 12.7. The van der Waals surface area contributed by atoms with E-state index in [0.29, 0.717) is 5.56 Å². The number of phenolic OH excluding ortho intramolecular Hbond substituents is 1. The Labute approximate surface area is 295 Å². The van der Waals surface area contributed by atoms with Crippen LogP contribution in [0.4, 0.5) is 33.3 Å². The van der Waals surface area contributed by atoms with Gasteiger partial charge in [0.05, 0.1) is 24.6 Å². The van der Waals surface area contributed by atoms with E-state index in [2.05, 4.69) is 0 Å². The van der Waals surface area contributed by atoms with Crippen molar-refractivity contribution in [2.24, 2.45) is 17.8 Å². The molecular formula is C35H23Cl2F5N2O7. The summed E-state index contributed by atoms with van der Waals surface area (Å²) >= 11 is 14.2. The maximum atomic E-state index is 15.2.